The van der Waals surface area contributed by atoms with E-state index in [1.165, 1.54) is 0 Å². The maximum absolute atomic E-state index is 5.34. The molecule has 0 aliphatic rings. The molecular formula is C14H27N3O2. The molecule has 0 fully saturated rings. The summed E-state index contributed by atoms with van der Waals surface area (Å²) < 4.78 is 12.7. The molecule has 0 saturated heterocycles. The Morgan fingerprint density at radius 3 is 2.53 bits per heavy atom. The van der Waals surface area contributed by atoms with Gasteiger partial charge in [0.25, 0.3) is 0 Å². The monoisotopic (exact) mass is 269 g/mol. The molecule has 1 aromatic rings. The van der Waals surface area contributed by atoms with Crippen molar-refractivity contribution in [2.75, 3.05) is 20.8 Å². The summed E-state index contributed by atoms with van der Waals surface area (Å²) >= 11 is 0. The van der Waals surface area contributed by atoms with Crippen LogP contribution in [0.1, 0.15) is 38.9 Å². The summed E-state index contributed by atoms with van der Waals surface area (Å²) in [6.45, 7) is 7.29. The number of aromatic nitrogens is 2. The first kappa shape index (κ1) is 16.1. The lowest BCUT2D eigenvalue weighted by Gasteiger charge is -2.24. The van der Waals surface area contributed by atoms with E-state index in [4.69, 9.17) is 9.47 Å². The van der Waals surface area contributed by atoms with Gasteiger partial charge < -0.3 is 14.8 Å². The quantitative estimate of drug-likeness (QED) is 0.697. The first-order valence-electron chi connectivity index (χ1n) is 6.99. The van der Waals surface area contributed by atoms with Crippen LogP contribution in [-0.4, -0.2) is 42.9 Å². The van der Waals surface area contributed by atoms with Crippen LogP contribution in [0.2, 0.25) is 0 Å². The first-order chi connectivity index (χ1) is 9.15. The lowest BCUT2D eigenvalue weighted by Crippen LogP contribution is -2.43. The molecule has 0 aliphatic carbocycles. The molecule has 0 radical (unpaired) electrons. The molecule has 5 nitrogen and oxygen atoms in total. The van der Waals surface area contributed by atoms with Crippen LogP contribution >= 0.6 is 0 Å². The Morgan fingerprint density at radius 2 is 2.00 bits per heavy atom. The molecule has 0 spiro atoms. The second-order valence-electron chi connectivity index (χ2n) is 4.75. The molecule has 110 valence electrons. The molecule has 0 bridgehead atoms. The molecule has 0 aliphatic heterocycles. The fraction of sp³-hybridized carbons (Fsp3) is 0.786. The van der Waals surface area contributed by atoms with Crippen LogP contribution in [0.4, 0.5) is 0 Å². The van der Waals surface area contributed by atoms with E-state index in [-0.39, 0.29) is 12.3 Å². The van der Waals surface area contributed by atoms with Gasteiger partial charge in [-0.15, -0.1) is 0 Å². The molecule has 1 rings (SSSR count). The topological polar surface area (TPSA) is 48.3 Å². The van der Waals surface area contributed by atoms with E-state index in [1.807, 2.05) is 10.9 Å². The molecular weight excluding hydrogens is 242 g/mol. The fourth-order valence-corrected chi connectivity index (χ4v) is 2.10. The Morgan fingerprint density at radius 1 is 1.32 bits per heavy atom. The number of likely N-dealkylation sites (N-methyl/N-ethyl adjacent to an activating group) is 1. The van der Waals surface area contributed by atoms with Crippen LogP contribution in [0, 0.1) is 0 Å². The number of ether oxygens (including phenoxy) is 2. The summed E-state index contributed by atoms with van der Waals surface area (Å²) in [5.41, 5.74) is 1.06. The van der Waals surface area contributed by atoms with Crippen LogP contribution in [-0.2, 0) is 15.9 Å². The molecule has 19 heavy (non-hydrogen) atoms. The highest BCUT2D eigenvalue weighted by Crippen LogP contribution is 2.12. The minimum atomic E-state index is -0.256. The summed E-state index contributed by atoms with van der Waals surface area (Å²) in [5, 5.41) is 8.01. The van der Waals surface area contributed by atoms with Crippen molar-refractivity contribution in [1.29, 1.82) is 0 Å². The maximum atomic E-state index is 5.34. The largest absolute Gasteiger partial charge is 0.354 e. The van der Waals surface area contributed by atoms with Gasteiger partial charge in [-0.2, -0.15) is 5.10 Å². The highest BCUT2D eigenvalue weighted by Gasteiger charge is 2.21. The molecule has 1 heterocycles. The lowest BCUT2D eigenvalue weighted by molar-refractivity contribution is -0.122. The third kappa shape index (κ3) is 4.60. The molecule has 0 saturated carbocycles. The highest BCUT2D eigenvalue weighted by atomic mass is 16.7. The summed E-state index contributed by atoms with van der Waals surface area (Å²) in [7, 11) is 3.33. The average molecular weight is 269 g/mol. The normalized spacial score (nSPS) is 14.8. The van der Waals surface area contributed by atoms with Gasteiger partial charge in [-0.3, -0.25) is 4.68 Å². The van der Waals surface area contributed by atoms with Crippen LogP contribution in [0.5, 0.6) is 0 Å². The number of methoxy groups -OCH3 is 2. The van der Waals surface area contributed by atoms with Gasteiger partial charge in [0.15, 0.2) is 6.29 Å². The molecule has 0 amide bonds. The second kappa shape index (κ2) is 8.30. The zero-order valence-electron chi connectivity index (χ0n) is 12.7. The smallest absolute Gasteiger partial charge is 0.172 e. The highest BCUT2D eigenvalue weighted by molar-refractivity contribution is 5.02. The van der Waals surface area contributed by atoms with Crippen molar-refractivity contribution in [2.24, 2.45) is 0 Å². The minimum Gasteiger partial charge on any atom is -0.354 e. The molecule has 5 heteroatoms. The van der Waals surface area contributed by atoms with Crippen molar-refractivity contribution in [3.8, 4) is 0 Å². The van der Waals surface area contributed by atoms with E-state index in [2.05, 4.69) is 37.3 Å². The molecule has 0 aromatic carbocycles. The van der Waals surface area contributed by atoms with E-state index in [9.17, 15) is 0 Å². The average Bonchev–Trinajstić information content (AvgIpc) is 2.88. The Labute approximate surface area is 116 Å². The summed E-state index contributed by atoms with van der Waals surface area (Å²) in [5.74, 6) is 0. The number of hydrogen-bond donors (Lipinski definition) is 1. The van der Waals surface area contributed by atoms with Gasteiger partial charge in [0.1, 0.15) is 0 Å². The Hall–Kier alpha value is -0.910. The zero-order valence-corrected chi connectivity index (χ0v) is 12.7. The van der Waals surface area contributed by atoms with Crippen LogP contribution in [0.25, 0.3) is 0 Å². The minimum absolute atomic E-state index is 0.111. The van der Waals surface area contributed by atoms with Crippen molar-refractivity contribution >= 4 is 0 Å². The van der Waals surface area contributed by atoms with Crippen molar-refractivity contribution in [2.45, 2.75) is 52.0 Å². The Balaban J connectivity index is 2.70. The maximum Gasteiger partial charge on any atom is 0.172 e. The zero-order chi connectivity index (χ0) is 14.3. The van der Waals surface area contributed by atoms with Gasteiger partial charge in [0.2, 0.25) is 0 Å². The third-order valence-corrected chi connectivity index (χ3v) is 3.39. The number of hydrogen-bond acceptors (Lipinski definition) is 4. The molecule has 2 atom stereocenters. The number of nitrogens with zero attached hydrogens (tertiary/aromatic N) is 2. The van der Waals surface area contributed by atoms with E-state index in [1.54, 1.807) is 14.2 Å². The van der Waals surface area contributed by atoms with Crippen molar-refractivity contribution in [3.63, 3.8) is 0 Å². The predicted octanol–water partition coefficient (Wildman–Crippen LogP) is 1.99. The Kier molecular flexibility index (Phi) is 7.05. The van der Waals surface area contributed by atoms with Gasteiger partial charge >= 0.3 is 0 Å². The number of rotatable bonds is 9. The standard InChI is InChI=1S/C14H27N3O2/c1-6-11(3)17-9-8-12(16-17)10-13(15-7-2)14(18-4)19-5/h8-9,11,13-15H,6-7,10H2,1-5H3. The predicted molar refractivity (Wildman–Crippen MR) is 76.2 cm³/mol. The number of nitrogens with one attached hydrogen (secondary N) is 1. The summed E-state index contributed by atoms with van der Waals surface area (Å²) in [6, 6.07) is 2.62. The van der Waals surface area contributed by atoms with Gasteiger partial charge in [-0.05, 0) is 26.0 Å². The SMILES string of the molecule is CCNC(Cc1ccn(C(C)CC)n1)C(OC)OC. The summed E-state index contributed by atoms with van der Waals surface area (Å²) in [6.07, 6.45) is 3.66. The Bertz CT molecular complexity index is 350. The molecule has 1 N–H and O–H groups in total. The van der Waals surface area contributed by atoms with Gasteiger partial charge in [-0.1, -0.05) is 13.8 Å². The lowest BCUT2D eigenvalue weighted by atomic mass is 10.1. The fourth-order valence-electron chi connectivity index (χ4n) is 2.10. The van der Waals surface area contributed by atoms with Crippen LogP contribution in [0.3, 0.4) is 0 Å². The van der Waals surface area contributed by atoms with Gasteiger partial charge in [0, 0.05) is 32.9 Å². The van der Waals surface area contributed by atoms with Gasteiger partial charge in [0.05, 0.1) is 11.7 Å². The van der Waals surface area contributed by atoms with Gasteiger partial charge in [-0.25, -0.2) is 0 Å². The van der Waals surface area contributed by atoms with E-state index >= 15 is 0 Å². The van der Waals surface area contributed by atoms with Crippen molar-refractivity contribution < 1.29 is 9.47 Å². The first-order valence-corrected chi connectivity index (χ1v) is 6.99. The molecule has 2 unspecified atom stereocenters. The van der Waals surface area contributed by atoms with E-state index in [0.717, 1.165) is 25.1 Å². The van der Waals surface area contributed by atoms with Crippen LogP contribution < -0.4 is 5.32 Å². The van der Waals surface area contributed by atoms with E-state index in [0.29, 0.717) is 6.04 Å². The third-order valence-electron chi connectivity index (χ3n) is 3.39. The van der Waals surface area contributed by atoms with E-state index < -0.39 is 0 Å². The summed E-state index contributed by atoms with van der Waals surface area (Å²) in [4.78, 5) is 0. The molecule has 1 aromatic heterocycles. The van der Waals surface area contributed by atoms with Crippen molar-refractivity contribution in [3.05, 3.63) is 18.0 Å². The van der Waals surface area contributed by atoms with Crippen LogP contribution in [0.15, 0.2) is 12.3 Å². The second-order valence-corrected chi connectivity index (χ2v) is 4.75. The van der Waals surface area contributed by atoms with Crippen molar-refractivity contribution in [1.82, 2.24) is 15.1 Å².